The number of fused-ring (bicyclic) bond motifs is 2. The van der Waals surface area contributed by atoms with Crippen LogP contribution in [0.25, 0.3) is 0 Å². The third-order valence-corrected chi connectivity index (χ3v) is 5.57. The van der Waals surface area contributed by atoms with Gasteiger partial charge in [-0.3, -0.25) is 0 Å². The van der Waals surface area contributed by atoms with Crippen LogP contribution in [0.4, 0.5) is 0 Å². The summed E-state index contributed by atoms with van der Waals surface area (Å²) in [5.41, 5.74) is 4.49. The molecule has 0 spiro atoms. The number of thioether (sulfide) groups is 1. The zero-order chi connectivity index (χ0) is 18.0. The van der Waals surface area contributed by atoms with Gasteiger partial charge in [-0.05, 0) is 43.8 Å². The number of hydrogen-bond donors (Lipinski definition) is 1. The highest BCUT2D eigenvalue weighted by atomic mass is 32.2. The average Bonchev–Trinajstić information content (AvgIpc) is 2.71. The number of aryl methyl sites for hydroxylation is 1. The zero-order valence-corrected chi connectivity index (χ0v) is 15.6. The van der Waals surface area contributed by atoms with Gasteiger partial charge >= 0.3 is 5.97 Å². The van der Waals surface area contributed by atoms with Crippen LogP contribution in [0.2, 0.25) is 0 Å². The molecule has 0 aromatic heterocycles. The number of nitrogens with zero attached hydrogens (tertiary/aromatic N) is 1. The maximum atomic E-state index is 11.7. The second kappa shape index (κ2) is 7.50. The Balaban J connectivity index is 2.10. The third kappa shape index (κ3) is 3.83. The fraction of sp³-hybridized carbons (Fsp3) is 0.350. The van der Waals surface area contributed by atoms with Crippen LogP contribution in [0, 0.1) is 6.92 Å². The molecule has 1 unspecified atom stereocenters. The summed E-state index contributed by atoms with van der Waals surface area (Å²) < 4.78 is 5.98. The topological polar surface area (TPSA) is 49.8 Å². The first kappa shape index (κ1) is 17.8. The summed E-state index contributed by atoms with van der Waals surface area (Å²) in [6.07, 6.45) is 0. The zero-order valence-electron chi connectivity index (χ0n) is 14.8. The molecule has 2 aromatic carbocycles. The van der Waals surface area contributed by atoms with E-state index >= 15 is 0 Å². The number of hydrogen-bond acceptors (Lipinski definition) is 4. The molecule has 0 bridgehead atoms. The predicted octanol–water partition coefficient (Wildman–Crippen LogP) is 3.97. The highest BCUT2D eigenvalue weighted by molar-refractivity contribution is 7.99. The van der Waals surface area contributed by atoms with E-state index in [0.717, 1.165) is 29.0 Å². The molecule has 1 aliphatic heterocycles. The Hall–Kier alpha value is -1.98. The Morgan fingerprint density at radius 3 is 2.76 bits per heavy atom. The van der Waals surface area contributed by atoms with Crippen LogP contribution in [0.15, 0.2) is 36.4 Å². The number of ether oxygens (including phenoxy) is 1. The Bertz CT molecular complexity index is 789. The molecular formula is C20H23NO3S. The molecule has 0 amide bonds. The molecular weight excluding hydrogens is 334 g/mol. The summed E-state index contributed by atoms with van der Waals surface area (Å²) in [5, 5.41) is 9.69. The van der Waals surface area contributed by atoms with Crippen molar-refractivity contribution in [3.8, 4) is 5.75 Å². The minimum absolute atomic E-state index is 0.0756. The van der Waals surface area contributed by atoms with E-state index in [1.165, 1.54) is 5.56 Å². The monoisotopic (exact) mass is 357 g/mol. The van der Waals surface area contributed by atoms with Gasteiger partial charge in [0.05, 0.1) is 5.25 Å². The van der Waals surface area contributed by atoms with E-state index < -0.39 is 5.97 Å². The molecule has 0 fully saturated rings. The minimum atomic E-state index is -0.942. The van der Waals surface area contributed by atoms with Gasteiger partial charge < -0.3 is 14.7 Å². The van der Waals surface area contributed by atoms with E-state index in [9.17, 15) is 9.90 Å². The summed E-state index contributed by atoms with van der Waals surface area (Å²) in [6, 6.07) is 12.0. The summed E-state index contributed by atoms with van der Waals surface area (Å²) in [7, 11) is 4.12. The molecule has 0 radical (unpaired) electrons. The Labute approximate surface area is 152 Å². The molecule has 4 nitrogen and oxygen atoms in total. The van der Waals surface area contributed by atoms with Crippen molar-refractivity contribution >= 4 is 17.7 Å². The van der Waals surface area contributed by atoms with Gasteiger partial charge in [0.15, 0.2) is 0 Å². The van der Waals surface area contributed by atoms with Gasteiger partial charge in [-0.1, -0.05) is 30.3 Å². The van der Waals surface area contributed by atoms with Gasteiger partial charge in [-0.15, -0.1) is 11.8 Å². The number of carboxylic acid groups (broad SMARTS) is 1. The molecule has 132 valence electrons. The second-order valence-electron chi connectivity index (χ2n) is 6.58. The largest absolute Gasteiger partial charge is 0.488 e. The molecule has 0 saturated heterocycles. The van der Waals surface area contributed by atoms with Crippen molar-refractivity contribution < 1.29 is 14.6 Å². The first-order chi connectivity index (χ1) is 12.0. The van der Waals surface area contributed by atoms with Crippen molar-refractivity contribution in [3.05, 3.63) is 64.2 Å². The maximum Gasteiger partial charge on any atom is 0.339 e. The molecule has 0 saturated carbocycles. The summed E-state index contributed by atoms with van der Waals surface area (Å²) >= 11 is 1.84. The Kier molecular flexibility index (Phi) is 5.35. The molecule has 2 aromatic rings. The summed E-state index contributed by atoms with van der Waals surface area (Å²) in [6.45, 7) is 3.31. The van der Waals surface area contributed by atoms with E-state index in [2.05, 4.69) is 37.2 Å². The Morgan fingerprint density at radius 1 is 1.28 bits per heavy atom. The molecule has 3 rings (SSSR count). The van der Waals surface area contributed by atoms with Gasteiger partial charge in [0, 0.05) is 17.9 Å². The number of carboxylic acids is 1. The molecule has 25 heavy (non-hydrogen) atoms. The second-order valence-corrected chi connectivity index (χ2v) is 7.79. The number of benzene rings is 2. The predicted molar refractivity (Wildman–Crippen MR) is 102 cm³/mol. The van der Waals surface area contributed by atoms with Crippen LogP contribution in [0.5, 0.6) is 5.75 Å². The lowest BCUT2D eigenvalue weighted by Crippen LogP contribution is -2.16. The lowest BCUT2D eigenvalue weighted by Gasteiger charge is -2.21. The van der Waals surface area contributed by atoms with E-state index in [0.29, 0.717) is 12.4 Å². The van der Waals surface area contributed by atoms with Crippen LogP contribution in [-0.2, 0) is 6.61 Å². The van der Waals surface area contributed by atoms with Crippen LogP contribution >= 0.6 is 11.8 Å². The number of rotatable bonds is 5. The number of aromatic carboxylic acids is 1. The quantitative estimate of drug-likeness (QED) is 0.877. The van der Waals surface area contributed by atoms with Crippen molar-refractivity contribution in [2.75, 3.05) is 26.4 Å². The smallest absolute Gasteiger partial charge is 0.339 e. The van der Waals surface area contributed by atoms with Crippen LogP contribution in [0.1, 0.15) is 37.9 Å². The lowest BCUT2D eigenvalue weighted by molar-refractivity contribution is 0.0691. The average molecular weight is 357 g/mol. The molecule has 1 heterocycles. The van der Waals surface area contributed by atoms with Crippen molar-refractivity contribution in [2.24, 2.45) is 0 Å². The molecule has 1 atom stereocenters. The van der Waals surface area contributed by atoms with E-state index in [-0.39, 0.29) is 10.8 Å². The molecule has 1 aliphatic rings. The van der Waals surface area contributed by atoms with Gasteiger partial charge in [-0.25, -0.2) is 4.79 Å². The molecule has 0 aliphatic carbocycles. The summed E-state index contributed by atoms with van der Waals surface area (Å²) in [4.78, 5) is 13.9. The fourth-order valence-electron chi connectivity index (χ4n) is 3.09. The van der Waals surface area contributed by atoms with Crippen molar-refractivity contribution in [3.63, 3.8) is 0 Å². The number of carbonyl (C=O) groups is 1. The first-order valence-electron chi connectivity index (χ1n) is 8.32. The van der Waals surface area contributed by atoms with Crippen LogP contribution in [-0.4, -0.2) is 42.4 Å². The van der Waals surface area contributed by atoms with E-state index in [4.69, 9.17) is 4.74 Å². The van der Waals surface area contributed by atoms with E-state index in [1.807, 2.05) is 30.8 Å². The third-order valence-electron chi connectivity index (χ3n) is 4.31. The normalized spacial score (nSPS) is 15.9. The van der Waals surface area contributed by atoms with E-state index in [1.54, 1.807) is 6.07 Å². The molecule has 1 N–H and O–H groups in total. The minimum Gasteiger partial charge on any atom is -0.488 e. The maximum absolute atomic E-state index is 11.7. The lowest BCUT2D eigenvalue weighted by atomic mass is 9.97. The van der Waals surface area contributed by atoms with Crippen molar-refractivity contribution in [1.29, 1.82) is 0 Å². The Morgan fingerprint density at radius 2 is 2.04 bits per heavy atom. The van der Waals surface area contributed by atoms with Crippen molar-refractivity contribution in [2.45, 2.75) is 18.8 Å². The standard InChI is InChI=1S/C20H23NO3S/c1-13-10-16-18(17(11-13)20(22)23)24-12-14-6-4-5-7-15(14)19(16)25-9-8-21(2)3/h4-7,10-11,19H,8-9,12H2,1-3H3,(H,22,23). The highest BCUT2D eigenvalue weighted by Crippen LogP contribution is 2.45. The van der Waals surface area contributed by atoms with Gasteiger partial charge in [0.2, 0.25) is 0 Å². The highest BCUT2D eigenvalue weighted by Gasteiger charge is 2.28. The van der Waals surface area contributed by atoms with Crippen LogP contribution in [0.3, 0.4) is 0 Å². The van der Waals surface area contributed by atoms with Crippen LogP contribution < -0.4 is 4.74 Å². The van der Waals surface area contributed by atoms with Gasteiger partial charge in [0.1, 0.15) is 17.9 Å². The SMILES string of the molecule is Cc1cc(C(=O)O)c2c(c1)C(SCCN(C)C)c1ccccc1CO2. The van der Waals surface area contributed by atoms with Gasteiger partial charge in [0.25, 0.3) is 0 Å². The first-order valence-corrected chi connectivity index (χ1v) is 9.37. The fourth-order valence-corrected chi connectivity index (χ4v) is 4.56. The summed E-state index contributed by atoms with van der Waals surface area (Å²) in [5.74, 6) is 0.529. The molecule has 5 heteroatoms. The van der Waals surface area contributed by atoms with Crippen molar-refractivity contribution in [1.82, 2.24) is 4.90 Å². The van der Waals surface area contributed by atoms with Gasteiger partial charge in [-0.2, -0.15) is 0 Å².